The molecule has 3 amide bonds. The van der Waals surface area contributed by atoms with E-state index in [1.807, 2.05) is 4.90 Å². The molecule has 3 fully saturated rings. The molecule has 3 aliphatic rings. The van der Waals surface area contributed by atoms with Crippen molar-refractivity contribution in [2.24, 2.45) is 5.92 Å². The fraction of sp³-hybridized carbons (Fsp3) is 0.556. The van der Waals surface area contributed by atoms with Crippen molar-refractivity contribution in [2.45, 2.75) is 31.5 Å². The molecule has 2 bridgehead atoms. The van der Waals surface area contributed by atoms with Crippen LogP contribution in [0.2, 0.25) is 5.02 Å². The number of rotatable bonds is 2. The largest absolute Gasteiger partial charge is 0.370 e. The molecule has 134 valence electrons. The molecule has 1 aromatic rings. The zero-order valence-electron chi connectivity index (χ0n) is 14.0. The van der Waals surface area contributed by atoms with E-state index in [0.29, 0.717) is 30.2 Å². The fourth-order valence-electron chi connectivity index (χ4n) is 4.02. The Bertz CT molecular complexity index is 677. The number of morpholine rings is 1. The molecule has 6 nitrogen and oxygen atoms in total. The number of amides is 3. The molecule has 1 aromatic carbocycles. The van der Waals surface area contributed by atoms with Gasteiger partial charge in [-0.2, -0.15) is 0 Å². The minimum Gasteiger partial charge on any atom is -0.370 e. The van der Waals surface area contributed by atoms with Crippen LogP contribution >= 0.6 is 11.6 Å². The van der Waals surface area contributed by atoms with Crippen molar-refractivity contribution in [3.63, 3.8) is 0 Å². The van der Waals surface area contributed by atoms with Gasteiger partial charge in [-0.3, -0.25) is 4.79 Å². The topological polar surface area (TPSA) is 61.9 Å². The first-order valence-corrected chi connectivity index (χ1v) is 9.24. The first kappa shape index (κ1) is 16.7. The number of urea groups is 1. The minimum atomic E-state index is -0.197. The second-order valence-corrected chi connectivity index (χ2v) is 7.45. The highest BCUT2D eigenvalue weighted by Gasteiger charge is 2.47. The number of hydrogen-bond acceptors (Lipinski definition) is 3. The third-order valence-electron chi connectivity index (χ3n) is 5.26. The third-order valence-corrected chi connectivity index (χ3v) is 5.49. The maximum atomic E-state index is 12.7. The Morgan fingerprint density at radius 1 is 1.16 bits per heavy atom. The van der Waals surface area contributed by atoms with E-state index in [4.69, 9.17) is 16.3 Å². The predicted octanol–water partition coefficient (Wildman–Crippen LogP) is 2.58. The third kappa shape index (κ3) is 3.46. The van der Waals surface area contributed by atoms with E-state index < -0.39 is 0 Å². The lowest BCUT2D eigenvalue weighted by Gasteiger charge is -2.33. The van der Waals surface area contributed by atoms with Gasteiger partial charge in [0.25, 0.3) is 0 Å². The number of anilines is 1. The Kier molecular flexibility index (Phi) is 4.56. The second kappa shape index (κ2) is 6.84. The zero-order valence-corrected chi connectivity index (χ0v) is 14.7. The molecule has 3 saturated heterocycles. The van der Waals surface area contributed by atoms with E-state index in [2.05, 4.69) is 5.32 Å². The van der Waals surface area contributed by atoms with Gasteiger partial charge >= 0.3 is 6.03 Å². The molecule has 3 aliphatic heterocycles. The molecule has 0 saturated carbocycles. The molecular formula is C18H22ClN3O3. The summed E-state index contributed by atoms with van der Waals surface area (Å²) in [4.78, 5) is 29.0. The van der Waals surface area contributed by atoms with Crippen molar-refractivity contribution in [1.29, 1.82) is 0 Å². The van der Waals surface area contributed by atoms with E-state index >= 15 is 0 Å². The van der Waals surface area contributed by atoms with E-state index in [0.717, 1.165) is 25.9 Å². The molecule has 7 heteroatoms. The minimum absolute atomic E-state index is 0.0552. The van der Waals surface area contributed by atoms with Crippen LogP contribution in [0, 0.1) is 5.92 Å². The predicted molar refractivity (Wildman–Crippen MR) is 94.6 cm³/mol. The molecule has 25 heavy (non-hydrogen) atoms. The standard InChI is InChI=1S/C18H22ClN3O3/c19-12-4-3-5-13(8-12)20-18(24)22-10-14-9-15(16(11-22)25-14)17(23)21-6-1-2-7-21/h3-5,8,14-16H,1-2,6-7,9-11H2,(H,20,24)/t14-,15-,16-/m1/s1. The number of nitrogens with zero attached hydrogens (tertiary/aromatic N) is 2. The lowest BCUT2D eigenvalue weighted by molar-refractivity contribution is -0.137. The van der Waals surface area contributed by atoms with Gasteiger partial charge in [0.1, 0.15) is 0 Å². The Morgan fingerprint density at radius 3 is 2.72 bits per heavy atom. The van der Waals surface area contributed by atoms with Crippen molar-refractivity contribution in [1.82, 2.24) is 9.80 Å². The Labute approximate surface area is 152 Å². The molecular weight excluding hydrogens is 342 g/mol. The molecule has 0 unspecified atom stereocenters. The molecule has 0 aliphatic carbocycles. The van der Waals surface area contributed by atoms with Gasteiger partial charge in [-0.25, -0.2) is 4.79 Å². The van der Waals surface area contributed by atoms with Crippen molar-refractivity contribution in [3.05, 3.63) is 29.3 Å². The van der Waals surface area contributed by atoms with E-state index in [1.165, 1.54) is 0 Å². The zero-order chi connectivity index (χ0) is 17.4. The number of ether oxygens (including phenoxy) is 1. The van der Waals surface area contributed by atoms with Crippen molar-refractivity contribution in [3.8, 4) is 0 Å². The summed E-state index contributed by atoms with van der Waals surface area (Å²) in [5, 5.41) is 3.45. The average Bonchev–Trinajstić information content (AvgIpc) is 3.22. The molecule has 0 aromatic heterocycles. The summed E-state index contributed by atoms with van der Waals surface area (Å²) in [6.07, 6.45) is 2.63. The van der Waals surface area contributed by atoms with Gasteiger partial charge in [-0.15, -0.1) is 0 Å². The van der Waals surface area contributed by atoms with Crippen LogP contribution in [0.3, 0.4) is 0 Å². The van der Waals surface area contributed by atoms with Crippen molar-refractivity contribution >= 4 is 29.2 Å². The van der Waals surface area contributed by atoms with Crippen LogP contribution in [0.5, 0.6) is 0 Å². The van der Waals surface area contributed by atoms with Crippen LogP contribution in [0.4, 0.5) is 10.5 Å². The summed E-state index contributed by atoms with van der Waals surface area (Å²) >= 11 is 5.96. The van der Waals surface area contributed by atoms with Crippen LogP contribution in [-0.2, 0) is 9.53 Å². The SMILES string of the molecule is O=C(Nc1cccc(Cl)c1)N1C[C@H]2C[C@@H](C(=O)N3CCCC3)[C@@H](C1)O2. The number of likely N-dealkylation sites (tertiary alicyclic amines) is 2. The maximum absolute atomic E-state index is 12.7. The summed E-state index contributed by atoms with van der Waals surface area (Å²) in [6.45, 7) is 2.68. The van der Waals surface area contributed by atoms with Gasteiger partial charge in [0.2, 0.25) is 5.91 Å². The van der Waals surface area contributed by atoms with Gasteiger partial charge < -0.3 is 19.9 Å². The first-order chi connectivity index (χ1) is 12.1. The smallest absolute Gasteiger partial charge is 0.322 e. The molecule has 3 atom stereocenters. The number of halogens is 1. The molecule has 0 radical (unpaired) electrons. The van der Waals surface area contributed by atoms with E-state index in [-0.39, 0.29) is 30.1 Å². The number of carbonyl (C=O) groups excluding carboxylic acids is 2. The van der Waals surface area contributed by atoms with Gasteiger partial charge in [0.15, 0.2) is 0 Å². The van der Waals surface area contributed by atoms with Gasteiger partial charge in [-0.1, -0.05) is 17.7 Å². The van der Waals surface area contributed by atoms with E-state index in [9.17, 15) is 9.59 Å². The molecule has 3 heterocycles. The van der Waals surface area contributed by atoms with Crippen LogP contribution in [0.25, 0.3) is 0 Å². The van der Waals surface area contributed by atoms with Gasteiger partial charge in [0.05, 0.1) is 18.1 Å². The summed E-state index contributed by atoms with van der Waals surface area (Å²) < 4.78 is 5.95. The lowest BCUT2D eigenvalue weighted by Crippen LogP contribution is -2.49. The summed E-state index contributed by atoms with van der Waals surface area (Å²) in [5.41, 5.74) is 0.668. The van der Waals surface area contributed by atoms with Crippen LogP contribution in [0.1, 0.15) is 19.3 Å². The number of benzene rings is 1. The number of carbonyl (C=O) groups is 2. The van der Waals surface area contributed by atoms with Gasteiger partial charge in [-0.05, 0) is 37.5 Å². The fourth-order valence-corrected chi connectivity index (χ4v) is 4.21. The molecule has 0 spiro atoms. The van der Waals surface area contributed by atoms with Crippen LogP contribution in [-0.4, -0.2) is 60.1 Å². The Morgan fingerprint density at radius 2 is 1.96 bits per heavy atom. The highest BCUT2D eigenvalue weighted by Crippen LogP contribution is 2.34. The summed E-state index contributed by atoms with van der Waals surface area (Å²) in [5.74, 6) is 0.0779. The summed E-state index contributed by atoms with van der Waals surface area (Å²) in [6, 6.07) is 6.91. The highest BCUT2D eigenvalue weighted by atomic mass is 35.5. The summed E-state index contributed by atoms with van der Waals surface area (Å²) in [7, 11) is 0. The van der Waals surface area contributed by atoms with Crippen LogP contribution in [0.15, 0.2) is 24.3 Å². The Hall–Kier alpha value is -1.79. The number of fused-ring (bicyclic) bond motifs is 2. The van der Waals surface area contributed by atoms with E-state index in [1.54, 1.807) is 29.2 Å². The number of nitrogens with one attached hydrogen (secondary N) is 1. The second-order valence-electron chi connectivity index (χ2n) is 7.02. The quantitative estimate of drug-likeness (QED) is 0.878. The van der Waals surface area contributed by atoms with Crippen LogP contribution < -0.4 is 5.32 Å². The molecule has 1 N–H and O–H groups in total. The van der Waals surface area contributed by atoms with Crippen molar-refractivity contribution < 1.29 is 14.3 Å². The lowest BCUT2D eigenvalue weighted by atomic mass is 9.99. The molecule has 4 rings (SSSR count). The maximum Gasteiger partial charge on any atom is 0.322 e. The number of hydrogen-bond donors (Lipinski definition) is 1. The monoisotopic (exact) mass is 363 g/mol. The van der Waals surface area contributed by atoms with Gasteiger partial charge in [0, 0.05) is 36.9 Å². The normalized spacial score (nSPS) is 28.3. The highest BCUT2D eigenvalue weighted by molar-refractivity contribution is 6.30. The Balaban J connectivity index is 1.39. The first-order valence-electron chi connectivity index (χ1n) is 8.86. The average molecular weight is 364 g/mol. The van der Waals surface area contributed by atoms with Crippen molar-refractivity contribution in [2.75, 3.05) is 31.5 Å².